The first-order valence-corrected chi connectivity index (χ1v) is 9.06. The van der Waals surface area contributed by atoms with Crippen molar-refractivity contribution in [1.82, 2.24) is 15.3 Å². The molecule has 1 aliphatic rings. The highest BCUT2D eigenvalue weighted by atomic mass is 32.2. The highest BCUT2D eigenvalue weighted by molar-refractivity contribution is 8.00. The van der Waals surface area contributed by atoms with Crippen molar-refractivity contribution in [1.29, 1.82) is 0 Å². The van der Waals surface area contributed by atoms with E-state index in [1.54, 1.807) is 0 Å². The number of nitrogens with one attached hydrogen (secondary N) is 2. The summed E-state index contributed by atoms with van der Waals surface area (Å²) in [6, 6.07) is 7.83. The quantitative estimate of drug-likeness (QED) is 0.618. The van der Waals surface area contributed by atoms with Crippen molar-refractivity contribution in [3.63, 3.8) is 0 Å². The summed E-state index contributed by atoms with van der Waals surface area (Å²) >= 11 is 1.36. The van der Waals surface area contributed by atoms with E-state index in [4.69, 9.17) is 4.74 Å². The summed E-state index contributed by atoms with van der Waals surface area (Å²) in [6.45, 7) is 3.24. The first-order chi connectivity index (χ1) is 11.7. The predicted molar refractivity (Wildman–Crippen MR) is 96.4 cm³/mol. The van der Waals surface area contributed by atoms with Gasteiger partial charge in [0.1, 0.15) is 5.82 Å². The minimum atomic E-state index is -0.266. The molecular formula is C17H22N4O2S. The number of hydrogen-bond donors (Lipinski definition) is 2. The number of aromatic nitrogens is 2. The normalized spacial score (nSPS) is 18.5. The van der Waals surface area contributed by atoms with E-state index in [0.717, 1.165) is 36.2 Å². The van der Waals surface area contributed by atoms with Crippen molar-refractivity contribution in [2.45, 2.75) is 36.3 Å². The van der Waals surface area contributed by atoms with Gasteiger partial charge in [-0.25, -0.2) is 9.97 Å². The van der Waals surface area contributed by atoms with Crippen molar-refractivity contribution in [3.05, 3.63) is 24.3 Å². The third-order valence-electron chi connectivity index (χ3n) is 4.00. The molecule has 1 aromatic heterocycles. The number of anilines is 1. The van der Waals surface area contributed by atoms with E-state index < -0.39 is 0 Å². The molecule has 0 saturated carbocycles. The lowest BCUT2D eigenvalue weighted by atomic mass is 10.2. The zero-order valence-corrected chi connectivity index (χ0v) is 14.7. The molecule has 1 aliphatic heterocycles. The Balaban J connectivity index is 1.65. The molecule has 0 bridgehead atoms. The first-order valence-electron chi connectivity index (χ1n) is 8.18. The van der Waals surface area contributed by atoms with Gasteiger partial charge in [0.05, 0.1) is 16.9 Å². The molecule has 0 radical (unpaired) electrons. The molecule has 2 unspecified atom stereocenters. The van der Waals surface area contributed by atoms with Gasteiger partial charge >= 0.3 is 0 Å². The molecule has 1 aromatic carbocycles. The van der Waals surface area contributed by atoms with E-state index in [-0.39, 0.29) is 17.3 Å². The lowest BCUT2D eigenvalue weighted by Crippen LogP contribution is -2.36. The Hall–Kier alpha value is -1.86. The summed E-state index contributed by atoms with van der Waals surface area (Å²) in [7, 11) is 1.83. The lowest BCUT2D eigenvalue weighted by Gasteiger charge is -2.15. The van der Waals surface area contributed by atoms with Gasteiger partial charge in [0.15, 0.2) is 5.16 Å². The minimum Gasteiger partial charge on any atom is -0.376 e. The molecule has 1 fully saturated rings. The molecule has 0 spiro atoms. The highest BCUT2D eigenvalue weighted by Crippen LogP contribution is 2.26. The molecular weight excluding hydrogens is 324 g/mol. The van der Waals surface area contributed by atoms with Crippen LogP contribution in [0.4, 0.5) is 5.82 Å². The SMILES string of the molecule is CNc1nc(SC(C)C(=O)NCC2CCCO2)nc2ccccc12. The van der Waals surface area contributed by atoms with Gasteiger partial charge in [0.2, 0.25) is 5.91 Å². The number of carbonyl (C=O) groups is 1. The van der Waals surface area contributed by atoms with E-state index in [9.17, 15) is 4.79 Å². The van der Waals surface area contributed by atoms with Crippen molar-refractivity contribution < 1.29 is 9.53 Å². The fourth-order valence-electron chi connectivity index (χ4n) is 2.67. The number of thioether (sulfide) groups is 1. The van der Waals surface area contributed by atoms with Gasteiger partial charge < -0.3 is 15.4 Å². The first kappa shape index (κ1) is 17.0. The van der Waals surface area contributed by atoms with Gasteiger partial charge in [0.25, 0.3) is 0 Å². The van der Waals surface area contributed by atoms with Gasteiger partial charge in [-0.15, -0.1) is 0 Å². The maximum absolute atomic E-state index is 12.3. The van der Waals surface area contributed by atoms with Crippen molar-refractivity contribution in [2.24, 2.45) is 0 Å². The number of benzene rings is 1. The summed E-state index contributed by atoms with van der Waals surface area (Å²) in [6.07, 6.45) is 2.24. The van der Waals surface area contributed by atoms with Crippen LogP contribution in [0.1, 0.15) is 19.8 Å². The van der Waals surface area contributed by atoms with Crippen LogP contribution in [-0.4, -0.2) is 47.4 Å². The zero-order valence-electron chi connectivity index (χ0n) is 13.9. The average molecular weight is 346 g/mol. The number of amides is 1. The third-order valence-corrected chi connectivity index (χ3v) is 4.96. The highest BCUT2D eigenvalue weighted by Gasteiger charge is 2.20. The second kappa shape index (κ2) is 7.81. The van der Waals surface area contributed by atoms with Crippen molar-refractivity contribution in [3.8, 4) is 0 Å². The van der Waals surface area contributed by atoms with Crippen LogP contribution in [0.3, 0.4) is 0 Å². The molecule has 0 aliphatic carbocycles. The average Bonchev–Trinajstić information content (AvgIpc) is 3.12. The Labute approximate surface area is 145 Å². The van der Waals surface area contributed by atoms with Gasteiger partial charge in [-0.3, -0.25) is 4.79 Å². The molecule has 1 amide bonds. The van der Waals surface area contributed by atoms with Crippen LogP contribution < -0.4 is 10.6 Å². The van der Waals surface area contributed by atoms with Gasteiger partial charge in [-0.1, -0.05) is 23.9 Å². The van der Waals surface area contributed by atoms with Gasteiger partial charge in [-0.2, -0.15) is 0 Å². The third kappa shape index (κ3) is 3.96. The maximum atomic E-state index is 12.3. The lowest BCUT2D eigenvalue weighted by molar-refractivity contribution is -0.120. The molecule has 7 heteroatoms. The van der Waals surface area contributed by atoms with E-state index in [0.29, 0.717) is 11.7 Å². The minimum absolute atomic E-state index is 0.0155. The number of para-hydroxylation sites is 1. The van der Waals surface area contributed by atoms with Crippen molar-refractivity contribution >= 4 is 34.4 Å². The number of fused-ring (bicyclic) bond motifs is 1. The van der Waals surface area contributed by atoms with Crippen LogP contribution in [-0.2, 0) is 9.53 Å². The summed E-state index contributed by atoms with van der Waals surface area (Å²) in [5.41, 5.74) is 0.867. The standard InChI is InChI=1S/C17H22N4O2S/c1-11(16(22)19-10-12-6-5-9-23-12)24-17-20-14-8-4-3-7-13(14)15(18-2)21-17/h3-4,7-8,11-12H,5-6,9-10H2,1-2H3,(H,19,22)(H,18,20,21). The Morgan fingerprint density at radius 1 is 1.42 bits per heavy atom. The molecule has 128 valence electrons. The topological polar surface area (TPSA) is 76.1 Å². The monoisotopic (exact) mass is 346 g/mol. The smallest absolute Gasteiger partial charge is 0.233 e. The number of nitrogens with zero attached hydrogens (tertiary/aromatic N) is 2. The zero-order chi connectivity index (χ0) is 16.9. The van der Waals surface area contributed by atoms with Crippen LogP contribution in [0.2, 0.25) is 0 Å². The van der Waals surface area contributed by atoms with Crippen LogP contribution in [0.15, 0.2) is 29.4 Å². The Kier molecular flexibility index (Phi) is 5.52. The fourth-order valence-corrected chi connectivity index (χ4v) is 3.48. The largest absolute Gasteiger partial charge is 0.376 e. The van der Waals surface area contributed by atoms with E-state index >= 15 is 0 Å². The molecule has 24 heavy (non-hydrogen) atoms. The number of carbonyl (C=O) groups excluding carboxylic acids is 1. The second-order valence-corrected chi connectivity index (χ2v) is 7.07. The summed E-state index contributed by atoms with van der Waals surface area (Å²) < 4.78 is 5.53. The van der Waals surface area contributed by atoms with E-state index in [1.807, 2.05) is 38.2 Å². The van der Waals surface area contributed by atoms with E-state index in [1.165, 1.54) is 11.8 Å². The van der Waals surface area contributed by atoms with Gasteiger partial charge in [-0.05, 0) is 31.9 Å². The molecule has 2 atom stereocenters. The van der Waals surface area contributed by atoms with Crippen LogP contribution >= 0.6 is 11.8 Å². The molecule has 2 aromatic rings. The second-order valence-electron chi connectivity index (χ2n) is 5.76. The Bertz CT molecular complexity index is 719. The van der Waals surface area contributed by atoms with Crippen LogP contribution in [0, 0.1) is 0 Å². The van der Waals surface area contributed by atoms with Crippen LogP contribution in [0.25, 0.3) is 10.9 Å². The molecule has 2 N–H and O–H groups in total. The summed E-state index contributed by atoms with van der Waals surface area (Å²) in [5.74, 6) is 0.758. The summed E-state index contributed by atoms with van der Waals surface area (Å²) in [5, 5.41) is 7.35. The van der Waals surface area contributed by atoms with Gasteiger partial charge in [0, 0.05) is 25.6 Å². The summed E-state index contributed by atoms with van der Waals surface area (Å²) in [4.78, 5) is 21.3. The number of ether oxygens (including phenoxy) is 1. The molecule has 6 nitrogen and oxygen atoms in total. The van der Waals surface area contributed by atoms with Crippen molar-refractivity contribution in [2.75, 3.05) is 25.5 Å². The van der Waals surface area contributed by atoms with Crippen LogP contribution in [0.5, 0.6) is 0 Å². The Morgan fingerprint density at radius 2 is 2.25 bits per heavy atom. The predicted octanol–water partition coefficient (Wildman–Crippen LogP) is 2.45. The molecule has 2 heterocycles. The fraction of sp³-hybridized carbons (Fsp3) is 0.471. The molecule has 1 saturated heterocycles. The number of hydrogen-bond acceptors (Lipinski definition) is 6. The number of rotatable bonds is 6. The van der Waals surface area contributed by atoms with E-state index in [2.05, 4.69) is 20.6 Å². The maximum Gasteiger partial charge on any atom is 0.233 e. The molecule has 3 rings (SSSR count). The Morgan fingerprint density at radius 3 is 3.00 bits per heavy atom.